The Kier molecular flexibility index (Phi) is 5.75. The average molecular weight is 403 g/mol. The van der Waals surface area contributed by atoms with Crippen LogP contribution in [-0.4, -0.2) is 39.6 Å². The summed E-state index contributed by atoms with van der Waals surface area (Å²) in [6.07, 6.45) is 4.96. The van der Waals surface area contributed by atoms with Gasteiger partial charge in [-0.1, -0.05) is 31.7 Å². The fraction of sp³-hybridized carbons (Fsp3) is 0.550. The van der Waals surface area contributed by atoms with Crippen LogP contribution >= 0.6 is 11.8 Å². The molecule has 150 valence electrons. The van der Waals surface area contributed by atoms with E-state index >= 15 is 0 Å². The minimum atomic E-state index is -0.0912. The summed E-state index contributed by atoms with van der Waals surface area (Å²) in [4.78, 5) is 12.6. The highest BCUT2D eigenvalue weighted by Crippen LogP contribution is 2.37. The van der Waals surface area contributed by atoms with Crippen LogP contribution in [0.3, 0.4) is 0 Å². The number of ether oxygens (including phenoxy) is 2. The first kappa shape index (κ1) is 19.1. The van der Waals surface area contributed by atoms with Crippen LogP contribution in [0.2, 0.25) is 0 Å². The molecule has 1 aliphatic heterocycles. The van der Waals surface area contributed by atoms with E-state index in [1.54, 1.807) is 6.33 Å². The number of carbonyl (C=O) groups is 1. The van der Waals surface area contributed by atoms with E-state index in [1.807, 2.05) is 18.2 Å². The summed E-state index contributed by atoms with van der Waals surface area (Å²) in [5, 5.41) is 12.1. The zero-order valence-corrected chi connectivity index (χ0v) is 17.1. The van der Waals surface area contributed by atoms with E-state index in [4.69, 9.17) is 9.47 Å². The second-order valence-corrected chi connectivity index (χ2v) is 8.53. The molecule has 28 heavy (non-hydrogen) atoms. The fourth-order valence-corrected chi connectivity index (χ4v) is 4.09. The Bertz CT molecular complexity index is 835. The Morgan fingerprint density at radius 2 is 2.07 bits per heavy atom. The standard InChI is InChI=1S/C20H26N4O3S/c1-13(2)19(14-4-7-16-17(10-14)27-9-3-8-26-16)22-18(25)11-28-20-23-21-12-24(20)15-5-6-15/h4,7,10,12-13,15,19H,3,5-6,8-9,11H2,1-2H3,(H,22,25). The molecule has 1 amide bonds. The molecule has 1 N–H and O–H groups in total. The van der Waals surface area contributed by atoms with E-state index in [9.17, 15) is 4.79 Å². The van der Waals surface area contributed by atoms with Crippen molar-refractivity contribution in [2.45, 2.75) is 50.4 Å². The smallest absolute Gasteiger partial charge is 0.230 e. The highest BCUT2D eigenvalue weighted by molar-refractivity contribution is 7.99. The van der Waals surface area contributed by atoms with Crippen LogP contribution in [0.1, 0.15) is 50.8 Å². The Hall–Kier alpha value is -2.22. The summed E-state index contributed by atoms with van der Waals surface area (Å²) in [6, 6.07) is 6.35. The Balaban J connectivity index is 1.41. The molecule has 1 aromatic carbocycles. The van der Waals surface area contributed by atoms with Crippen LogP contribution < -0.4 is 14.8 Å². The lowest BCUT2D eigenvalue weighted by Gasteiger charge is -2.24. The molecule has 4 rings (SSSR count). The lowest BCUT2D eigenvalue weighted by molar-refractivity contribution is -0.119. The monoisotopic (exact) mass is 402 g/mol. The van der Waals surface area contributed by atoms with Crippen molar-refractivity contribution in [2.24, 2.45) is 5.92 Å². The topological polar surface area (TPSA) is 78.3 Å². The third-order valence-electron chi connectivity index (χ3n) is 4.93. The molecule has 0 saturated heterocycles. The van der Waals surface area contributed by atoms with E-state index in [0.717, 1.165) is 41.5 Å². The molecule has 1 aliphatic carbocycles. The summed E-state index contributed by atoms with van der Waals surface area (Å²) in [7, 11) is 0. The molecule has 1 aromatic heterocycles. The average Bonchev–Trinajstić information content (AvgIpc) is 3.46. The van der Waals surface area contributed by atoms with E-state index < -0.39 is 0 Å². The quantitative estimate of drug-likeness (QED) is 0.716. The number of hydrogen-bond donors (Lipinski definition) is 1. The van der Waals surface area contributed by atoms with E-state index in [1.165, 1.54) is 11.8 Å². The van der Waals surface area contributed by atoms with Gasteiger partial charge in [0.1, 0.15) is 6.33 Å². The highest BCUT2D eigenvalue weighted by Gasteiger charge is 2.27. The van der Waals surface area contributed by atoms with Crippen LogP contribution in [0.15, 0.2) is 29.7 Å². The first-order chi connectivity index (χ1) is 13.6. The molecular weight excluding hydrogens is 376 g/mol. The number of aromatic nitrogens is 3. The molecule has 2 heterocycles. The number of rotatable bonds is 7. The van der Waals surface area contributed by atoms with Gasteiger partial charge < -0.3 is 19.4 Å². The van der Waals surface area contributed by atoms with Gasteiger partial charge in [-0.3, -0.25) is 4.79 Å². The zero-order chi connectivity index (χ0) is 19.5. The second kappa shape index (κ2) is 8.43. The molecule has 1 atom stereocenters. The van der Waals surface area contributed by atoms with E-state index in [2.05, 4.69) is 33.9 Å². The van der Waals surface area contributed by atoms with Gasteiger partial charge in [-0.2, -0.15) is 0 Å². The van der Waals surface area contributed by atoms with Crippen LogP contribution in [-0.2, 0) is 4.79 Å². The highest BCUT2D eigenvalue weighted by atomic mass is 32.2. The van der Waals surface area contributed by atoms with Crippen molar-refractivity contribution in [3.05, 3.63) is 30.1 Å². The van der Waals surface area contributed by atoms with Crippen LogP contribution in [0, 0.1) is 5.92 Å². The zero-order valence-electron chi connectivity index (χ0n) is 16.3. The third-order valence-corrected chi connectivity index (χ3v) is 5.88. The molecule has 1 saturated carbocycles. The normalized spacial score (nSPS) is 17.2. The van der Waals surface area contributed by atoms with Gasteiger partial charge in [-0.05, 0) is 36.5 Å². The minimum Gasteiger partial charge on any atom is -0.490 e. The minimum absolute atomic E-state index is 0.0128. The SMILES string of the molecule is CC(C)C(NC(=O)CSc1nncn1C1CC1)c1ccc2c(c1)OCCCO2. The number of nitrogens with zero attached hydrogens (tertiary/aromatic N) is 3. The maximum Gasteiger partial charge on any atom is 0.230 e. The van der Waals surface area contributed by atoms with Gasteiger partial charge in [-0.25, -0.2) is 0 Å². The molecule has 1 fully saturated rings. The van der Waals surface area contributed by atoms with Gasteiger partial charge in [0.2, 0.25) is 5.91 Å². The van der Waals surface area contributed by atoms with Gasteiger partial charge in [0, 0.05) is 12.5 Å². The lowest BCUT2D eigenvalue weighted by Crippen LogP contribution is -2.33. The molecule has 8 heteroatoms. The predicted octanol–water partition coefficient (Wildman–Crippen LogP) is 3.38. The van der Waals surface area contributed by atoms with Crippen molar-refractivity contribution in [1.29, 1.82) is 0 Å². The number of benzene rings is 1. The summed E-state index contributed by atoms with van der Waals surface area (Å²) in [5.74, 6) is 2.07. The molecule has 0 spiro atoms. The van der Waals surface area contributed by atoms with Gasteiger partial charge >= 0.3 is 0 Å². The van der Waals surface area contributed by atoms with Gasteiger partial charge in [0.25, 0.3) is 0 Å². The molecule has 1 unspecified atom stereocenters. The molecule has 0 bridgehead atoms. The Labute approximate surface area is 169 Å². The Morgan fingerprint density at radius 1 is 1.29 bits per heavy atom. The number of amides is 1. The molecule has 0 radical (unpaired) electrons. The second-order valence-electron chi connectivity index (χ2n) is 7.59. The molecule has 2 aliphatic rings. The molecular formula is C20H26N4O3S. The van der Waals surface area contributed by atoms with Gasteiger partial charge in [0.05, 0.1) is 25.0 Å². The van der Waals surface area contributed by atoms with E-state index in [-0.39, 0.29) is 17.9 Å². The summed E-state index contributed by atoms with van der Waals surface area (Å²) < 4.78 is 13.6. The fourth-order valence-electron chi connectivity index (χ4n) is 3.29. The lowest BCUT2D eigenvalue weighted by atomic mass is 9.95. The van der Waals surface area contributed by atoms with Crippen LogP contribution in [0.25, 0.3) is 0 Å². The van der Waals surface area contributed by atoms with Crippen molar-refractivity contribution in [2.75, 3.05) is 19.0 Å². The van der Waals surface area contributed by atoms with Crippen molar-refractivity contribution in [1.82, 2.24) is 20.1 Å². The van der Waals surface area contributed by atoms with Crippen LogP contribution in [0.4, 0.5) is 0 Å². The maximum atomic E-state index is 12.6. The largest absolute Gasteiger partial charge is 0.490 e. The van der Waals surface area contributed by atoms with Crippen molar-refractivity contribution in [3.8, 4) is 11.5 Å². The maximum absolute atomic E-state index is 12.6. The number of thioether (sulfide) groups is 1. The molecule has 2 aromatic rings. The van der Waals surface area contributed by atoms with Crippen molar-refractivity contribution in [3.63, 3.8) is 0 Å². The Morgan fingerprint density at radius 3 is 2.82 bits per heavy atom. The number of hydrogen-bond acceptors (Lipinski definition) is 6. The van der Waals surface area contributed by atoms with Crippen molar-refractivity contribution >= 4 is 17.7 Å². The summed E-state index contributed by atoms with van der Waals surface area (Å²) in [6.45, 7) is 5.52. The first-order valence-corrected chi connectivity index (χ1v) is 10.8. The van der Waals surface area contributed by atoms with Gasteiger partial charge in [0.15, 0.2) is 16.7 Å². The van der Waals surface area contributed by atoms with E-state index in [0.29, 0.717) is 25.0 Å². The molecule has 7 nitrogen and oxygen atoms in total. The first-order valence-electron chi connectivity index (χ1n) is 9.83. The number of fused-ring (bicyclic) bond motifs is 1. The van der Waals surface area contributed by atoms with Crippen LogP contribution in [0.5, 0.6) is 11.5 Å². The predicted molar refractivity (Wildman–Crippen MR) is 107 cm³/mol. The number of nitrogens with one attached hydrogen (secondary N) is 1. The van der Waals surface area contributed by atoms with Gasteiger partial charge in [-0.15, -0.1) is 10.2 Å². The van der Waals surface area contributed by atoms with Crippen molar-refractivity contribution < 1.29 is 14.3 Å². The number of carbonyl (C=O) groups excluding carboxylic acids is 1. The third kappa shape index (κ3) is 4.43. The summed E-state index contributed by atoms with van der Waals surface area (Å²) >= 11 is 1.44. The summed E-state index contributed by atoms with van der Waals surface area (Å²) in [5.41, 5.74) is 1.03.